The van der Waals surface area contributed by atoms with Crippen molar-refractivity contribution in [3.8, 4) is 5.88 Å². The van der Waals surface area contributed by atoms with Crippen molar-refractivity contribution >= 4 is 15.8 Å². The number of aromatic nitrogens is 3. The van der Waals surface area contributed by atoms with Crippen LogP contribution in [-0.4, -0.2) is 53.6 Å². The first-order chi connectivity index (χ1) is 11.6. The van der Waals surface area contributed by atoms with Crippen LogP contribution < -0.4 is 9.64 Å². The van der Waals surface area contributed by atoms with Crippen molar-refractivity contribution in [2.24, 2.45) is 5.92 Å². The summed E-state index contributed by atoms with van der Waals surface area (Å²) in [5.41, 5.74) is 0. The van der Waals surface area contributed by atoms with Gasteiger partial charge in [-0.05, 0) is 18.6 Å². The molecule has 1 spiro atoms. The first kappa shape index (κ1) is 15.3. The van der Waals surface area contributed by atoms with Gasteiger partial charge in [0.25, 0.3) is 0 Å². The van der Waals surface area contributed by atoms with Gasteiger partial charge >= 0.3 is 0 Å². The molecule has 1 atom stereocenters. The van der Waals surface area contributed by atoms with E-state index < -0.39 is 14.6 Å². The molecule has 8 heteroatoms. The summed E-state index contributed by atoms with van der Waals surface area (Å²) in [4.78, 5) is 14.4. The standard InChI is InChI=1S/C16H18N4O3S/c21-24(22)9-5-13(10-23-14-4-1-2-6-17-14)16(24)11-20(12-16)15-18-7-3-8-19-15/h1-4,6-8,13H,5,9-12H2/t13-/m1/s1. The molecule has 2 aromatic rings. The quantitative estimate of drug-likeness (QED) is 0.814. The number of sulfone groups is 1. The number of hydrogen-bond acceptors (Lipinski definition) is 7. The Morgan fingerprint density at radius 1 is 1.12 bits per heavy atom. The van der Waals surface area contributed by atoms with Crippen molar-refractivity contribution in [3.05, 3.63) is 42.9 Å². The zero-order valence-electron chi connectivity index (χ0n) is 13.1. The van der Waals surface area contributed by atoms with E-state index in [1.807, 2.05) is 17.0 Å². The van der Waals surface area contributed by atoms with Crippen LogP contribution in [-0.2, 0) is 9.84 Å². The number of ether oxygens (including phenoxy) is 1. The van der Waals surface area contributed by atoms with E-state index in [-0.39, 0.29) is 11.7 Å². The second-order valence-corrected chi connectivity index (χ2v) is 8.70. The highest BCUT2D eigenvalue weighted by Crippen LogP contribution is 2.45. The van der Waals surface area contributed by atoms with E-state index in [0.717, 1.165) is 0 Å². The molecule has 0 amide bonds. The summed E-state index contributed by atoms with van der Waals surface area (Å²) in [5, 5.41) is 0. The monoisotopic (exact) mass is 346 g/mol. The van der Waals surface area contributed by atoms with Crippen LogP contribution in [0, 0.1) is 5.92 Å². The van der Waals surface area contributed by atoms with Gasteiger partial charge in [0.2, 0.25) is 11.8 Å². The molecule has 24 heavy (non-hydrogen) atoms. The molecule has 2 aliphatic heterocycles. The summed E-state index contributed by atoms with van der Waals surface area (Å²) in [6.45, 7) is 1.21. The predicted octanol–water partition coefficient (Wildman–Crippen LogP) is 0.944. The molecule has 126 valence electrons. The van der Waals surface area contributed by atoms with Gasteiger partial charge in [-0.25, -0.2) is 23.4 Å². The van der Waals surface area contributed by atoms with Gasteiger partial charge in [0.1, 0.15) is 4.75 Å². The molecular weight excluding hydrogens is 328 g/mol. The molecule has 0 N–H and O–H groups in total. The summed E-state index contributed by atoms with van der Waals surface area (Å²) in [7, 11) is -3.14. The maximum Gasteiger partial charge on any atom is 0.225 e. The third-order valence-electron chi connectivity index (χ3n) is 4.92. The Labute approximate surface area is 140 Å². The molecule has 2 aromatic heterocycles. The molecule has 0 aliphatic carbocycles. The summed E-state index contributed by atoms with van der Waals surface area (Å²) in [6, 6.07) is 7.19. The lowest BCUT2D eigenvalue weighted by Gasteiger charge is -2.49. The fourth-order valence-corrected chi connectivity index (χ4v) is 5.92. The van der Waals surface area contributed by atoms with Gasteiger partial charge in [0, 0.05) is 43.7 Å². The van der Waals surface area contributed by atoms with Gasteiger partial charge in [-0.3, -0.25) is 0 Å². The maximum absolute atomic E-state index is 12.6. The zero-order valence-corrected chi connectivity index (χ0v) is 13.9. The number of rotatable bonds is 4. The molecule has 4 heterocycles. The predicted molar refractivity (Wildman–Crippen MR) is 88.6 cm³/mol. The maximum atomic E-state index is 12.6. The number of hydrogen-bond donors (Lipinski definition) is 0. The van der Waals surface area contributed by atoms with Crippen LogP contribution in [0.4, 0.5) is 5.95 Å². The van der Waals surface area contributed by atoms with Gasteiger partial charge < -0.3 is 9.64 Å². The van der Waals surface area contributed by atoms with Crippen LogP contribution in [0.3, 0.4) is 0 Å². The van der Waals surface area contributed by atoms with E-state index in [2.05, 4.69) is 15.0 Å². The van der Waals surface area contributed by atoms with Gasteiger partial charge in [0.15, 0.2) is 9.84 Å². The van der Waals surface area contributed by atoms with E-state index in [0.29, 0.717) is 37.9 Å². The van der Waals surface area contributed by atoms with Crippen LogP contribution in [0.25, 0.3) is 0 Å². The molecular formula is C16H18N4O3S. The molecule has 2 aliphatic rings. The van der Waals surface area contributed by atoms with Crippen LogP contribution in [0.2, 0.25) is 0 Å². The SMILES string of the molecule is O=S1(=O)CC[C@H](COc2ccccn2)C12CN(c1ncccn1)C2. The lowest BCUT2D eigenvalue weighted by molar-refractivity contribution is 0.187. The molecule has 0 radical (unpaired) electrons. The molecule has 0 aromatic carbocycles. The van der Waals surface area contributed by atoms with E-state index in [1.54, 1.807) is 30.7 Å². The van der Waals surface area contributed by atoms with Crippen LogP contribution >= 0.6 is 0 Å². The van der Waals surface area contributed by atoms with Crippen LogP contribution in [0.1, 0.15) is 6.42 Å². The number of pyridine rings is 1. The van der Waals surface area contributed by atoms with Crippen LogP contribution in [0.15, 0.2) is 42.9 Å². The first-order valence-corrected chi connectivity index (χ1v) is 9.54. The molecule has 7 nitrogen and oxygen atoms in total. The van der Waals surface area contributed by atoms with Gasteiger partial charge in [-0.15, -0.1) is 0 Å². The highest BCUT2D eigenvalue weighted by Gasteiger charge is 2.62. The molecule has 0 bridgehead atoms. The smallest absolute Gasteiger partial charge is 0.225 e. The summed E-state index contributed by atoms with van der Waals surface area (Å²) in [6.07, 6.45) is 5.61. The van der Waals surface area contributed by atoms with Crippen molar-refractivity contribution < 1.29 is 13.2 Å². The molecule has 2 fully saturated rings. The largest absolute Gasteiger partial charge is 0.477 e. The Morgan fingerprint density at radius 3 is 2.58 bits per heavy atom. The Kier molecular flexibility index (Phi) is 3.64. The fourth-order valence-electron chi connectivity index (χ4n) is 3.52. The van der Waals surface area contributed by atoms with Crippen molar-refractivity contribution in [1.82, 2.24) is 15.0 Å². The zero-order chi connectivity index (χ0) is 16.6. The van der Waals surface area contributed by atoms with Crippen molar-refractivity contribution in [1.29, 1.82) is 0 Å². The van der Waals surface area contributed by atoms with Crippen molar-refractivity contribution in [3.63, 3.8) is 0 Å². The summed E-state index contributed by atoms with van der Waals surface area (Å²) >= 11 is 0. The third-order valence-corrected chi connectivity index (χ3v) is 7.52. The van der Waals surface area contributed by atoms with E-state index >= 15 is 0 Å². The van der Waals surface area contributed by atoms with E-state index in [1.165, 1.54) is 0 Å². The number of anilines is 1. The topological polar surface area (TPSA) is 85.3 Å². The Hall–Kier alpha value is -2.22. The highest BCUT2D eigenvalue weighted by atomic mass is 32.2. The average molecular weight is 346 g/mol. The lowest BCUT2D eigenvalue weighted by Crippen LogP contribution is -2.68. The highest BCUT2D eigenvalue weighted by molar-refractivity contribution is 7.93. The molecule has 0 unspecified atom stereocenters. The van der Waals surface area contributed by atoms with Crippen molar-refractivity contribution in [2.45, 2.75) is 11.2 Å². The Balaban J connectivity index is 1.49. The summed E-state index contributed by atoms with van der Waals surface area (Å²) in [5.74, 6) is 1.28. The number of nitrogens with zero attached hydrogens (tertiary/aromatic N) is 4. The lowest BCUT2D eigenvalue weighted by atomic mass is 9.84. The van der Waals surface area contributed by atoms with Gasteiger partial charge in [-0.1, -0.05) is 6.07 Å². The Bertz CT molecular complexity index is 808. The average Bonchev–Trinajstić information content (AvgIpc) is 2.84. The minimum Gasteiger partial charge on any atom is -0.477 e. The van der Waals surface area contributed by atoms with E-state index in [9.17, 15) is 8.42 Å². The molecule has 2 saturated heterocycles. The third kappa shape index (κ3) is 2.41. The molecule has 0 saturated carbocycles. The van der Waals surface area contributed by atoms with Gasteiger partial charge in [0.05, 0.1) is 12.4 Å². The molecule has 4 rings (SSSR count). The first-order valence-electron chi connectivity index (χ1n) is 7.89. The van der Waals surface area contributed by atoms with Crippen molar-refractivity contribution in [2.75, 3.05) is 30.3 Å². The van der Waals surface area contributed by atoms with E-state index in [4.69, 9.17) is 4.74 Å². The fraction of sp³-hybridized carbons (Fsp3) is 0.438. The summed E-state index contributed by atoms with van der Waals surface area (Å²) < 4.78 is 30.2. The van der Waals surface area contributed by atoms with Gasteiger partial charge in [-0.2, -0.15) is 0 Å². The Morgan fingerprint density at radius 2 is 1.88 bits per heavy atom. The minimum atomic E-state index is -3.14. The minimum absolute atomic E-state index is 0.0375. The van der Waals surface area contributed by atoms with Crippen LogP contribution in [0.5, 0.6) is 5.88 Å². The second kappa shape index (κ2) is 5.70. The normalized spacial score (nSPS) is 23.8. The second-order valence-electron chi connectivity index (χ2n) is 6.25.